The number of Topliss-reactive ketones (excluding diaryl/α,β-unsaturated/α-hetero) is 1. The lowest BCUT2D eigenvalue weighted by Crippen LogP contribution is -2.15. The van der Waals surface area contributed by atoms with Gasteiger partial charge in [0.2, 0.25) is 11.7 Å². The minimum Gasteiger partial charge on any atom is -0.454 e. The molecule has 0 aliphatic carbocycles. The van der Waals surface area contributed by atoms with E-state index in [0.717, 1.165) is 16.3 Å². The second-order valence-electron chi connectivity index (χ2n) is 6.70. The van der Waals surface area contributed by atoms with Crippen LogP contribution in [0.2, 0.25) is 0 Å². The van der Waals surface area contributed by atoms with Gasteiger partial charge in [0.1, 0.15) is 0 Å². The van der Waals surface area contributed by atoms with Crippen LogP contribution in [0.4, 0.5) is 0 Å². The lowest BCUT2D eigenvalue weighted by Gasteiger charge is -2.09. The van der Waals surface area contributed by atoms with Crippen molar-refractivity contribution in [3.05, 3.63) is 77.2 Å². The van der Waals surface area contributed by atoms with Gasteiger partial charge in [0.05, 0.1) is 11.3 Å². The first kappa shape index (κ1) is 21.6. The van der Waals surface area contributed by atoms with E-state index >= 15 is 0 Å². The molecule has 2 aromatic heterocycles. The summed E-state index contributed by atoms with van der Waals surface area (Å²) in [5.74, 6) is 0.681. The van der Waals surface area contributed by atoms with Gasteiger partial charge in [-0.15, -0.1) is 18.3 Å². The molecule has 3 aromatic rings. The lowest BCUT2D eigenvalue weighted by atomic mass is 10.1. The van der Waals surface area contributed by atoms with E-state index in [9.17, 15) is 9.59 Å². The van der Waals surface area contributed by atoms with E-state index in [2.05, 4.69) is 16.7 Å². The average molecular weight is 426 g/mol. The van der Waals surface area contributed by atoms with E-state index in [1.54, 1.807) is 25.1 Å². The van der Waals surface area contributed by atoms with Gasteiger partial charge in [-0.25, -0.2) is 4.79 Å². The summed E-state index contributed by atoms with van der Waals surface area (Å²) < 4.78 is 12.4. The molecular formula is C22H23N3O4S. The molecule has 156 valence electrons. The van der Waals surface area contributed by atoms with Crippen LogP contribution in [0.5, 0.6) is 0 Å². The normalized spacial score (nSPS) is 10.8. The van der Waals surface area contributed by atoms with Gasteiger partial charge in [-0.3, -0.25) is 4.79 Å². The molecule has 0 spiro atoms. The third-order valence-corrected chi connectivity index (χ3v) is 5.61. The van der Waals surface area contributed by atoms with Crippen LogP contribution in [0.3, 0.4) is 0 Å². The monoisotopic (exact) mass is 425 g/mol. The summed E-state index contributed by atoms with van der Waals surface area (Å²) in [7, 11) is 0. The standard InChI is InChI=1S/C22H23N3O4S/c1-5-10-25-14(2)11-18(15(25)3)19(26)12-28-22(27)17-8-6-7-9-20(17)30-13-21-23-16(4)24-29-21/h5-9,11H,1,10,12-13H2,2-4H3. The van der Waals surface area contributed by atoms with Crippen LogP contribution in [0.1, 0.15) is 43.8 Å². The van der Waals surface area contributed by atoms with Gasteiger partial charge in [0.25, 0.3) is 0 Å². The van der Waals surface area contributed by atoms with Crippen molar-refractivity contribution in [3.8, 4) is 0 Å². The van der Waals surface area contributed by atoms with Gasteiger partial charge in [-0.2, -0.15) is 4.98 Å². The highest BCUT2D eigenvalue weighted by atomic mass is 32.2. The van der Waals surface area contributed by atoms with Gasteiger partial charge < -0.3 is 13.8 Å². The number of aryl methyl sites for hydroxylation is 2. The molecule has 0 N–H and O–H groups in total. The van der Waals surface area contributed by atoms with E-state index < -0.39 is 5.97 Å². The fourth-order valence-corrected chi connectivity index (χ4v) is 3.96. The van der Waals surface area contributed by atoms with Crippen LogP contribution < -0.4 is 0 Å². The number of nitrogens with zero attached hydrogens (tertiary/aromatic N) is 3. The van der Waals surface area contributed by atoms with Crippen LogP contribution in [0.25, 0.3) is 0 Å². The maximum Gasteiger partial charge on any atom is 0.339 e. The topological polar surface area (TPSA) is 87.2 Å². The molecule has 0 aliphatic heterocycles. The molecule has 7 nitrogen and oxygen atoms in total. The molecule has 8 heteroatoms. The average Bonchev–Trinajstić information content (AvgIpc) is 3.28. The zero-order chi connectivity index (χ0) is 21.7. The number of thioether (sulfide) groups is 1. The summed E-state index contributed by atoms with van der Waals surface area (Å²) in [6.45, 7) is 9.58. The van der Waals surface area contributed by atoms with Crippen molar-refractivity contribution in [2.24, 2.45) is 0 Å². The number of hydrogen-bond donors (Lipinski definition) is 0. The van der Waals surface area contributed by atoms with Gasteiger partial charge in [0.15, 0.2) is 12.4 Å². The maximum absolute atomic E-state index is 12.6. The van der Waals surface area contributed by atoms with Gasteiger partial charge in [0, 0.05) is 28.4 Å². The quantitative estimate of drug-likeness (QED) is 0.218. The second-order valence-corrected chi connectivity index (χ2v) is 7.72. The number of ketones is 1. The predicted molar refractivity (Wildman–Crippen MR) is 114 cm³/mol. The van der Waals surface area contributed by atoms with Gasteiger partial charge in [-0.05, 0) is 39.0 Å². The van der Waals surface area contributed by atoms with Crippen molar-refractivity contribution in [1.29, 1.82) is 0 Å². The molecule has 0 fully saturated rings. The first-order valence-corrected chi connectivity index (χ1v) is 10.4. The van der Waals surface area contributed by atoms with Gasteiger partial charge >= 0.3 is 5.97 Å². The second kappa shape index (κ2) is 9.58. The zero-order valence-electron chi connectivity index (χ0n) is 17.2. The Bertz CT molecular complexity index is 1080. The van der Waals surface area contributed by atoms with Crippen molar-refractivity contribution in [2.45, 2.75) is 38.0 Å². The Morgan fingerprint density at radius 2 is 2.00 bits per heavy atom. The number of benzene rings is 1. The maximum atomic E-state index is 12.6. The van der Waals surface area contributed by atoms with Crippen molar-refractivity contribution < 1.29 is 18.8 Å². The van der Waals surface area contributed by atoms with E-state index in [4.69, 9.17) is 9.26 Å². The number of carbonyl (C=O) groups is 2. The van der Waals surface area contributed by atoms with E-state index in [-0.39, 0.29) is 12.4 Å². The predicted octanol–water partition coefficient (Wildman–Crippen LogP) is 4.31. The minimum atomic E-state index is -0.548. The molecule has 30 heavy (non-hydrogen) atoms. The van der Waals surface area contributed by atoms with Crippen LogP contribution in [-0.2, 0) is 17.0 Å². The summed E-state index contributed by atoms with van der Waals surface area (Å²) >= 11 is 1.39. The fraction of sp³-hybridized carbons (Fsp3) is 0.273. The van der Waals surface area contributed by atoms with Crippen molar-refractivity contribution in [3.63, 3.8) is 0 Å². The van der Waals surface area contributed by atoms with Crippen molar-refractivity contribution in [2.75, 3.05) is 6.61 Å². The molecular weight excluding hydrogens is 402 g/mol. The zero-order valence-corrected chi connectivity index (χ0v) is 18.0. The summed E-state index contributed by atoms with van der Waals surface area (Å²) in [6, 6.07) is 8.88. The summed E-state index contributed by atoms with van der Waals surface area (Å²) in [5.41, 5.74) is 2.74. The molecule has 0 radical (unpaired) electrons. The number of esters is 1. The third kappa shape index (κ3) is 4.88. The van der Waals surface area contributed by atoms with Crippen LogP contribution in [0, 0.1) is 20.8 Å². The molecule has 0 unspecified atom stereocenters. The molecule has 0 saturated heterocycles. The van der Waals surface area contributed by atoms with E-state index in [1.165, 1.54) is 11.8 Å². The molecule has 0 atom stereocenters. The Balaban J connectivity index is 1.66. The smallest absolute Gasteiger partial charge is 0.339 e. The third-order valence-electron chi connectivity index (χ3n) is 4.55. The minimum absolute atomic E-state index is 0.238. The number of rotatable bonds is 9. The van der Waals surface area contributed by atoms with Crippen LogP contribution in [-0.4, -0.2) is 33.1 Å². The number of aromatic nitrogens is 3. The van der Waals surface area contributed by atoms with Crippen LogP contribution >= 0.6 is 11.8 Å². The molecule has 1 aromatic carbocycles. The number of allylic oxidation sites excluding steroid dienone is 1. The largest absolute Gasteiger partial charge is 0.454 e. The summed E-state index contributed by atoms with van der Waals surface area (Å²) in [5, 5.41) is 3.75. The van der Waals surface area contributed by atoms with E-state index in [1.807, 2.05) is 36.6 Å². The number of hydrogen-bond acceptors (Lipinski definition) is 7. The number of carbonyl (C=O) groups excluding carboxylic acids is 2. The first-order chi connectivity index (χ1) is 14.4. The SMILES string of the molecule is C=CCn1c(C)cc(C(=O)COC(=O)c2ccccc2SCc2nc(C)no2)c1C. The Morgan fingerprint density at radius 1 is 1.23 bits per heavy atom. The van der Waals surface area contributed by atoms with Crippen molar-refractivity contribution >= 4 is 23.5 Å². The lowest BCUT2D eigenvalue weighted by molar-refractivity contribution is 0.0471. The summed E-state index contributed by atoms with van der Waals surface area (Å²) in [4.78, 5) is 30.1. The van der Waals surface area contributed by atoms with E-state index in [0.29, 0.717) is 35.1 Å². The Labute approximate surface area is 179 Å². The first-order valence-electron chi connectivity index (χ1n) is 9.39. The Hall–Kier alpha value is -3.13. The molecule has 2 heterocycles. The molecule has 3 rings (SSSR count). The summed E-state index contributed by atoms with van der Waals surface area (Å²) in [6.07, 6.45) is 1.78. The van der Waals surface area contributed by atoms with Crippen molar-refractivity contribution in [1.82, 2.24) is 14.7 Å². The molecule has 0 saturated carbocycles. The molecule has 0 amide bonds. The number of ether oxygens (including phenoxy) is 1. The molecule has 0 aliphatic rings. The highest BCUT2D eigenvalue weighted by molar-refractivity contribution is 7.98. The highest BCUT2D eigenvalue weighted by Crippen LogP contribution is 2.26. The Morgan fingerprint density at radius 3 is 2.70 bits per heavy atom. The fourth-order valence-electron chi connectivity index (χ4n) is 3.08. The Kier molecular flexibility index (Phi) is 6.89. The highest BCUT2D eigenvalue weighted by Gasteiger charge is 2.19. The van der Waals surface area contributed by atoms with Crippen LogP contribution in [0.15, 0.2) is 52.4 Å². The molecule has 0 bridgehead atoms. The van der Waals surface area contributed by atoms with Gasteiger partial charge in [-0.1, -0.05) is 23.4 Å².